The molecular weight excluding hydrogens is 402 g/mol. The molecule has 0 fully saturated rings. The van der Waals surface area contributed by atoms with E-state index in [0.29, 0.717) is 0 Å². The van der Waals surface area contributed by atoms with Crippen molar-refractivity contribution in [1.29, 1.82) is 0 Å². The molecule has 0 N–H and O–H groups in total. The lowest BCUT2D eigenvalue weighted by Crippen LogP contribution is -2.14. The molecule has 0 radical (unpaired) electrons. The van der Waals surface area contributed by atoms with Crippen molar-refractivity contribution in [2.24, 2.45) is 10.1 Å². The van der Waals surface area contributed by atoms with Crippen molar-refractivity contribution in [3.05, 3.63) is 107 Å². The molecule has 3 heterocycles. The summed E-state index contributed by atoms with van der Waals surface area (Å²) in [4.78, 5) is 14.0. The monoisotopic (exact) mass is 421 g/mol. The summed E-state index contributed by atoms with van der Waals surface area (Å²) in [6.45, 7) is 1.99. The smallest absolute Gasteiger partial charge is 0.211 e. The van der Waals surface area contributed by atoms with Crippen LogP contribution in [0.25, 0.3) is 22.0 Å². The van der Waals surface area contributed by atoms with Gasteiger partial charge in [-0.2, -0.15) is 5.10 Å². The van der Waals surface area contributed by atoms with Crippen molar-refractivity contribution in [2.75, 3.05) is 0 Å². The lowest BCUT2D eigenvalue weighted by atomic mass is 10.0. The largest absolute Gasteiger partial charge is 0.264 e. The molecule has 0 aliphatic rings. The van der Waals surface area contributed by atoms with E-state index in [4.69, 9.17) is 10.1 Å². The molecule has 5 rings (SSSR count). The number of benzene rings is 2. The van der Waals surface area contributed by atoms with Crippen LogP contribution >= 0.6 is 11.3 Å². The summed E-state index contributed by atoms with van der Waals surface area (Å²) in [5, 5.41) is 9.44. The molecular formula is C25H19N5S. The van der Waals surface area contributed by atoms with Gasteiger partial charge in [0.15, 0.2) is 0 Å². The molecule has 2 aromatic carbocycles. The van der Waals surface area contributed by atoms with Crippen molar-refractivity contribution >= 4 is 33.5 Å². The van der Waals surface area contributed by atoms with E-state index in [9.17, 15) is 0 Å². The number of rotatable bonds is 4. The average Bonchev–Trinajstić information content (AvgIpc) is 3.21. The van der Waals surface area contributed by atoms with Crippen molar-refractivity contribution in [2.45, 2.75) is 6.92 Å². The fourth-order valence-electron chi connectivity index (χ4n) is 3.42. The van der Waals surface area contributed by atoms with E-state index < -0.39 is 0 Å². The Morgan fingerprint density at radius 2 is 1.68 bits per heavy atom. The Labute approximate surface area is 183 Å². The first-order chi connectivity index (χ1) is 15.3. The van der Waals surface area contributed by atoms with Gasteiger partial charge in [-0.3, -0.25) is 9.97 Å². The molecule has 0 saturated carbocycles. The van der Waals surface area contributed by atoms with Crippen molar-refractivity contribution in [3.63, 3.8) is 0 Å². The number of pyridine rings is 2. The zero-order valence-electron chi connectivity index (χ0n) is 16.9. The number of thiazole rings is 1. The van der Waals surface area contributed by atoms with Crippen molar-refractivity contribution in [3.8, 4) is 11.3 Å². The quantitative estimate of drug-likeness (QED) is 0.351. The molecule has 0 spiro atoms. The minimum Gasteiger partial charge on any atom is -0.264 e. The van der Waals surface area contributed by atoms with Crippen LogP contribution in [-0.4, -0.2) is 20.4 Å². The van der Waals surface area contributed by atoms with Crippen LogP contribution in [0.2, 0.25) is 0 Å². The maximum absolute atomic E-state index is 4.96. The summed E-state index contributed by atoms with van der Waals surface area (Å²) in [7, 11) is 0. The average molecular weight is 422 g/mol. The maximum atomic E-state index is 4.96. The molecule has 0 aliphatic carbocycles. The van der Waals surface area contributed by atoms with E-state index in [1.807, 2.05) is 42.1 Å². The minimum absolute atomic E-state index is 0.777. The number of fused-ring (bicyclic) bond motifs is 1. The Morgan fingerprint density at radius 1 is 0.871 bits per heavy atom. The molecule has 0 bridgehead atoms. The summed E-state index contributed by atoms with van der Waals surface area (Å²) in [6, 6.07) is 22.5. The lowest BCUT2D eigenvalue weighted by molar-refractivity contribution is 0.848. The lowest BCUT2D eigenvalue weighted by Gasteiger charge is -2.09. The van der Waals surface area contributed by atoms with Crippen LogP contribution in [-0.2, 0) is 0 Å². The van der Waals surface area contributed by atoms with Gasteiger partial charge in [0.1, 0.15) is 0 Å². The van der Waals surface area contributed by atoms with E-state index in [1.165, 1.54) is 10.8 Å². The first-order valence-electron chi connectivity index (χ1n) is 9.89. The van der Waals surface area contributed by atoms with Crippen LogP contribution in [0.1, 0.15) is 12.5 Å². The van der Waals surface area contributed by atoms with E-state index in [2.05, 4.69) is 57.8 Å². The second kappa shape index (κ2) is 8.45. The van der Waals surface area contributed by atoms with Gasteiger partial charge >= 0.3 is 0 Å². The fourth-order valence-corrected chi connectivity index (χ4v) is 4.26. The van der Waals surface area contributed by atoms with Crippen LogP contribution in [0.3, 0.4) is 0 Å². The highest BCUT2D eigenvalue weighted by molar-refractivity contribution is 7.07. The van der Waals surface area contributed by atoms with E-state index >= 15 is 0 Å². The third-order valence-corrected chi connectivity index (χ3v) is 5.77. The molecule has 0 atom stereocenters. The second-order valence-electron chi connectivity index (χ2n) is 6.99. The van der Waals surface area contributed by atoms with Gasteiger partial charge in [-0.15, -0.1) is 11.3 Å². The molecule has 150 valence electrons. The van der Waals surface area contributed by atoms with Gasteiger partial charge in [0.05, 0.1) is 23.3 Å². The third kappa shape index (κ3) is 3.93. The molecule has 0 amide bonds. The van der Waals surface area contributed by atoms with Gasteiger partial charge < -0.3 is 0 Å². The SMILES string of the molecule is CC(=Nn1c(-c2cccc3ccccc23)csc1=Nc1cccnc1)c1cccnc1. The Balaban J connectivity index is 1.75. The number of aromatic nitrogens is 3. The zero-order chi connectivity index (χ0) is 21.0. The number of hydrogen-bond donors (Lipinski definition) is 0. The zero-order valence-corrected chi connectivity index (χ0v) is 17.7. The van der Waals surface area contributed by atoms with Crippen LogP contribution in [0.5, 0.6) is 0 Å². The fraction of sp³-hybridized carbons (Fsp3) is 0.0400. The van der Waals surface area contributed by atoms with Gasteiger partial charge in [0, 0.05) is 35.1 Å². The van der Waals surface area contributed by atoms with Crippen LogP contribution in [0, 0.1) is 0 Å². The number of hydrogen-bond acceptors (Lipinski definition) is 5. The molecule has 3 aromatic heterocycles. The Kier molecular flexibility index (Phi) is 5.21. The third-order valence-electron chi connectivity index (χ3n) is 4.95. The molecule has 31 heavy (non-hydrogen) atoms. The molecule has 0 unspecified atom stereocenters. The van der Waals surface area contributed by atoms with Crippen LogP contribution < -0.4 is 4.80 Å². The maximum Gasteiger partial charge on any atom is 0.211 e. The van der Waals surface area contributed by atoms with Crippen molar-refractivity contribution in [1.82, 2.24) is 14.6 Å². The summed E-state index contributed by atoms with van der Waals surface area (Å²) >= 11 is 1.56. The molecule has 0 aliphatic heterocycles. The summed E-state index contributed by atoms with van der Waals surface area (Å²) < 4.78 is 1.92. The van der Waals surface area contributed by atoms with Crippen LogP contribution in [0.4, 0.5) is 5.69 Å². The minimum atomic E-state index is 0.777. The van der Waals surface area contributed by atoms with Crippen molar-refractivity contribution < 1.29 is 0 Å². The van der Waals surface area contributed by atoms with E-state index in [0.717, 1.165) is 33.0 Å². The first kappa shape index (κ1) is 19.1. The van der Waals surface area contributed by atoms with Gasteiger partial charge in [-0.1, -0.05) is 48.5 Å². The Bertz CT molecular complexity index is 1430. The molecule has 6 heteroatoms. The first-order valence-corrected chi connectivity index (χ1v) is 10.8. The molecule has 5 aromatic rings. The highest BCUT2D eigenvalue weighted by atomic mass is 32.1. The summed E-state index contributed by atoms with van der Waals surface area (Å²) in [5.41, 5.74) is 4.73. The van der Waals surface area contributed by atoms with Gasteiger partial charge in [-0.25, -0.2) is 9.67 Å². The molecule has 5 nitrogen and oxygen atoms in total. The highest BCUT2D eigenvalue weighted by Gasteiger charge is 2.12. The standard InChI is InChI=1S/C25H19N5S/c1-18(20-9-5-13-26-15-20)29-30-24(17-31-25(30)28-21-10-6-14-27-16-21)23-12-4-8-19-7-2-3-11-22(19)23/h2-17H,1H3. The summed E-state index contributed by atoms with van der Waals surface area (Å²) in [6.07, 6.45) is 7.08. The molecule has 0 saturated heterocycles. The second-order valence-corrected chi connectivity index (χ2v) is 7.83. The van der Waals surface area contributed by atoms with E-state index in [1.54, 1.807) is 29.9 Å². The normalized spacial score (nSPS) is 12.4. The number of nitrogens with zero attached hydrogens (tertiary/aromatic N) is 5. The predicted octanol–water partition coefficient (Wildman–Crippen LogP) is 5.66. The predicted molar refractivity (Wildman–Crippen MR) is 127 cm³/mol. The topological polar surface area (TPSA) is 55.4 Å². The Hall–Kier alpha value is -3.90. The van der Waals surface area contributed by atoms with Gasteiger partial charge in [-0.05, 0) is 35.9 Å². The van der Waals surface area contributed by atoms with Gasteiger partial charge in [0.25, 0.3) is 0 Å². The van der Waals surface area contributed by atoms with Gasteiger partial charge in [0.2, 0.25) is 4.80 Å². The Morgan fingerprint density at radius 3 is 2.48 bits per heavy atom. The highest BCUT2D eigenvalue weighted by Crippen LogP contribution is 2.29. The van der Waals surface area contributed by atoms with Crippen LogP contribution in [0.15, 0.2) is 107 Å². The van der Waals surface area contributed by atoms with E-state index in [-0.39, 0.29) is 0 Å². The summed E-state index contributed by atoms with van der Waals surface area (Å²) in [5.74, 6) is 0.